The number of rotatable bonds is 6. The second-order valence-corrected chi connectivity index (χ2v) is 5.08. The number of hydrogen-bond donors (Lipinski definition) is 1. The highest BCUT2D eigenvalue weighted by Crippen LogP contribution is 2.13. The summed E-state index contributed by atoms with van der Waals surface area (Å²) in [5, 5.41) is 2.82. The fraction of sp³-hybridized carbons (Fsp3) is 0.222. The maximum absolute atomic E-state index is 11.8. The molecule has 0 unspecified atom stereocenters. The van der Waals surface area contributed by atoms with Crippen LogP contribution in [-0.2, 0) is 11.3 Å². The van der Waals surface area contributed by atoms with Gasteiger partial charge in [-0.15, -0.1) is 0 Å². The molecule has 1 amide bonds. The van der Waals surface area contributed by atoms with Crippen LogP contribution in [0.3, 0.4) is 0 Å². The molecule has 0 aliphatic carbocycles. The maximum Gasteiger partial charge on any atom is 0.258 e. The molecular formula is C18H19NO3. The zero-order valence-corrected chi connectivity index (χ0v) is 12.8. The number of carbonyl (C=O) groups excluding carboxylic acids is 2. The van der Waals surface area contributed by atoms with Gasteiger partial charge in [0.15, 0.2) is 12.4 Å². The molecule has 0 saturated carbocycles. The van der Waals surface area contributed by atoms with E-state index in [9.17, 15) is 9.59 Å². The lowest BCUT2D eigenvalue weighted by atomic mass is 10.1. The molecule has 4 heteroatoms. The first kappa shape index (κ1) is 15.8. The highest BCUT2D eigenvalue weighted by molar-refractivity contribution is 5.94. The van der Waals surface area contributed by atoms with E-state index in [1.807, 2.05) is 31.2 Å². The lowest BCUT2D eigenvalue weighted by Crippen LogP contribution is -2.28. The van der Waals surface area contributed by atoms with Gasteiger partial charge in [-0.25, -0.2) is 0 Å². The van der Waals surface area contributed by atoms with Gasteiger partial charge < -0.3 is 10.1 Å². The molecule has 0 aromatic heterocycles. The lowest BCUT2D eigenvalue weighted by Gasteiger charge is -2.09. The van der Waals surface area contributed by atoms with Crippen molar-refractivity contribution < 1.29 is 14.3 Å². The third-order valence-electron chi connectivity index (χ3n) is 3.35. The predicted octanol–water partition coefficient (Wildman–Crippen LogP) is 2.89. The molecule has 2 aromatic rings. The van der Waals surface area contributed by atoms with E-state index < -0.39 is 0 Å². The quantitative estimate of drug-likeness (QED) is 0.834. The molecule has 0 radical (unpaired) electrons. The van der Waals surface area contributed by atoms with E-state index >= 15 is 0 Å². The standard InChI is InChI=1S/C18H19NO3/c1-13-6-3-4-7-16(13)11-19-18(21)12-22-17-9-5-8-15(10-17)14(2)20/h3-10H,11-12H2,1-2H3,(H,19,21). The summed E-state index contributed by atoms with van der Waals surface area (Å²) in [6.07, 6.45) is 0. The molecule has 0 saturated heterocycles. The molecule has 2 aromatic carbocycles. The number of ether oxygens (including phenoxy) is 1. The van der Waals surface area contributed by atoms with Crippen LogP contribution in [0.25, 0.3) is 0 Å². The van der Waals surface area contributed by atoms with E-state index in [0.29, 0.717) is 17.9 Å². The van der Waals surface area contributed by atoms with Crippen molar-refractivity contribution >= 4 is 11.7 Å². The summed E-state index contributed by atoms with van der Waals surface area (Å²) in [7, 11) is 0. The Bertz CT molecular complexity index is 680. The van der Waals surface area contributed by atoms with Crippen molar-refractivity contribution in [1.82, 2.24) is 5.32 Å². The second-order valence-electron chi connectivity index (χ2n) is 5.08. The van der Waals surface area contributed by atoms with Crippen molar-refractivity contribution in [3.05, 3.63) is 65.2 Å². The maximum atomic E-state index is 11.8. The zero-order chi connectivity index (χ0) is 15.9. The first-order valence-corrected chi connectivity index (χ1v) is 7.11. The number of hydrogen-bond acceptors (Lipinski definition) is 3. The van der Waals surface area contributed by atoms with Gasteiger partial charge in [0.1, 0.15) is 5.75 Å². The second kappa shape index (κ2) is 7.41. The van der Waals surface area contributed by atoms with Gasteiger partial charge in [-0.3, -0.25) is 9.59 Å². The average molecular weight is 297 g/mol. The van der Waals surface area contributed by atoms with Gasteiger partial charge in [-0.1, -0.05) is 36.4 Å². The van der Waals surface area contributed by atoms with Crippen LogP contribution >= 0.6 is 0 Å². The summed E-state index contributed by atoms with van der Waals surface area (Å²) in [6, 6.07) is 14.7. The Kier molecular flexibility index (Phi) is 5.31. The smallest absolute Gasteiger partial charge is 0.258 e. The monoisotopic (exact) mass is 297 g/mol. The van der Waals surface area contributed by atoms with Crippen molar-refractivity contribution in [3.8, 4) is 5.75 Å². The molecule has 2 rings (SSSR count). The molecule has 4 nitrogen and oxygen atoms in total. The SMILES string of the molecule is CC(=O)c1cccc(OCC(=O)NCc2ccccc2C)c1. The van der Waals surface area contributed by atoms with Crippen LogP contribution in [0.2, 0.25) is 0 Å². The van der Waals surface area contributed by atoms with Crippen LogP contribution in [0.4, 0.5) is 0 Å². The summed E-state index contributed by atoms with van der Waals surface area (Å²) in [5.41, 5.74) is 2.78. The summed E-state index contributed by atoms with van der Waals surface area (Å²) in [6.45, 7) is 3.90. The Balaban J connectivity index is 1.84. The molecular weight excluding hydrogens is 278 g/mol. The largest absolute Gasteiger partial charge is 0.484 e. The molecule has 0 heterocycles. The van der Waals surface area contributed by atoms with Gasteiger partial charge in [0.2, 0.25) is 0 Å². The molecule has 0 bridgehead atoms. The average Bonchev–Trinajstić information content (AvgIpc) is 2.52. The summed E-state index contributed by atoms with van der Waals surface area (Å²) >= 11 is 0. The van der Waals surface area contributed by atoms with E-state index in [0.717, 1.165) is 11.1 Å². The van der Waals surface area contributed by atoms with Gasteiger partial charge in [-0.05, 0) is 37.1 Å². The number of nitrogens with one attached hydrogen (secondary N) is 1. The minimum atomic E-state index is -0.198. The molecule has 0 aliphatic heterocycles. The molecule has 0 aliphatic rings. The fourth-order valence-electron chi connectivity index (χ4n) is 2.01. The molecule has 0 fully saturated rings. The van der Waals surface area contributed by atoms with E-state index in [4.69, 9.17) is 4.74 Å². The van der Waals surface area contributed by atoms with E-state index in [1.165, 1.54) is 6.92 Å². The minimum absolute atomic E-state index is 0.0329. The van der Waals surface area contributed by atoms with Crippen molar-refractivity contribution in [3.63, 3.8) is 0 Å². The Morgan fingerprint density at radius 3 is 2.59 bits per heavy atom. The Hall–Kier alpha value is -2.62. The van der Waals surface area contributed by atoms with Crippen LogP contribution in [0.15, 0.2) is 48.5 Å². The van der Waals surface area contributed by atoms with Gasteiger partial charge in [0, 0.05) is 12.1 Å². The third-order valence-corrected chi connectivity index (χ3v) is 3.35. The third kappa shape index (κ3) is 4.45. The van der Waals surface area contributed by atoms with Gasteiger partial charge in [0.25, 0.3) is 5.91 Å². The van der Waals surface area contributed by atoms with E-state index in [2.05, 4.69) is 5.32 Å². The van der Waals surface area contributed by atoms with E-state index in [-0.39, 0.29) is 18.3 Å². The van der Waals surface area contributed by atoms with Crippen LogP contribution < -0.4 is 10.1 Å². The van der Waals surface area contributed by atoms with Crippen LogP contribution in [0.1, 0.15) is 28.4 Å². The highest BCUT2D eigenvalue weighted by Gasteiger charge is 2.05. The first-order valence-electron chi connectivity index (χ1n) is 7.11. The molecule has 1 N–H and O–H groups in total. The van der Waals surface area contributed by atoms with Gasteiger partial charge in [-0.2, -0.15) is 0 Å². The first-order chi connectivity index (χ1) is 10.6. The summed E-state index contributed by atoms with van der Waals surface area (Å²) in [4.78, 5) is 23.1. The summed E-state index contributed by atoms with van der Waals surface area (Å²) < 4.78 is 5.41. The minimum Gasteiger partial charge on any atom is -0.484 e. The van der Waals surface area contributed by atoms with Crippen molar-refractivity contribution in [2.24, 2.45) is 0 Å². The van der Waals surface area contributed by atoms with Crippen LogP contribution in [-0.4, -0.2) is 18.3 Å². The van der Waals surface area contributed by atoms with Crippen molar-refractivity contribution in [2.45, 2.75) is 20.4 Å². The molecule has 22 heavy (non-hydrogen) atoms. The van der Waals surface area contributed by atoms with Gasteiger partial charge in [0.05, 0.1) is 0 Å². The molecule has 0 atom stereocenters. The predicted molar refractivity (Wildman–Crippen MR) is 85.0 cm³/mol. The number of benzene rings is 2. The molecule has 0 spiro atoms. The lowest BCUT2D eigenvalue weighted by molar-refractivity contribution is -0.123. The zero-order valence-electron chi connectivity index (χ0n) is 12.8. The Labute approximate surface area is 130 Å². The van der Waals surface area contributed by atoms with Crippen LogP contribution in [0, 0.1) is 6.92 Å². The van der Waals surface area contributed by atoms with Crippen molar-refractivity contribution in [2.75, 3.05) is 6.61 Å². The Morgan fingerprint density at radius 2 is 1.86 bits per heavy atom. The number of amides is 1. The number of aryl methyl sites for hydroxylation is 1. The Morgan fingerprint density at radius 1 is 1.09 bits per heavy atom. The van der Waals surface area contributed by atoms with Crippen LogP contribution in [0.5, 0.6) is 5.75 Å². The number of ketones is 1. The summed E-state index contributed by atoms with van der Waals surface area (Å²) in [5.74, 6) is 0.282. The normalized spacial score (nSPS) is 10.1. The van der Waals surface area contributed by atoms with Crippen molar-refractivity contribution in [1.29, 1.82) is 0 Å². The van der Waals surface area contributed by atoms with Gasteiger partial charge >= 0.3 is 0 Å². The number of Topliss-reactive ketones (excluding diaryl/α,β-unsaturated/α-hetero) is 1. The fourth-order valence-corrected chi connectivity index (χ4v) is 2.01. The topological polar surface area (TPSA) is 55.4 Å². The van der Waals surface area contributed by atoms with E-state index in [1.54, 1.807) is 24.3 Å². The highest BCUT2D eigenvalue weighted by atomic mass is 16.5. The number of carbonyl (C=O) groups is 2. The molecule has 114 valence electrons.